The number of fused-ring (bicyclic) bond motifs is 1. The van der Waals surface area contributed by atoms with Gasteiger partial charge in [0.2, 0.25) is 5.91 Å². The third-order valence-electron chi connectivity index (χ3n) is 3.85. The average Bonchev–Trinajstić information content (AvgIpc) is 2.71. The van der Waals surface area contributed by atoms with Crippen LogP contribution in [0.1, 0.15) is 34.1 Å². The van der Waals surface area contributed by atoms with Crippen LogP contribution in [0.4, 0.5) is 5.69 Å². The van der Waals surface area contributed by atoms with Crippen molar-refractivity contribution in [1.82, 2.24) is 9.97 Å². The number of anilines is 1. The molecule has 1 N–H and O–H groups in total. The van der Waals surface area contributed by atoms with Crippen LogP contribution in [0.5, 0.6) is 0 Å². The number of ether oxygens (including phenoxy) is 1. The molecule has 0 saturated heterocycles. The number of ketones is 1. The van der Waals surface area contributed by atoms with Crippen molar-refractivity contribution in [3.05, 3.63) is 66.0 Å². The van der Waals surface area contributed by atoms with E-state index in [9.17, 15) is 14.4 Å². The van der Waals surface area contributed by atoms with E-state index in [1.54, 1.807) is 55.6 Å². The maximum Gasteiger partial charge on any atom is 0.338 e. The van der Waals surface area contributed by atoms with Crippen LogP contribution in [0, 0.1) is 0 Å². The standard InChI is InChI=1S/C20H17N3O4/c1-2-19(25)23-15-6-3-13(4-7-15)18(24)12-27-20(26)14-5-8-16-17(11-14)22-10-9-21-16/h3-11H,2,12H2,1H3,(H,23,25). The molecule has 2 aromatic carbocycles. The van der Waals surface area contributed by atoms with Crippen molar-refractivity contribution >= 4 is 34.4 Å². The van der Waals surface area contributed by atoms with Crippen LogP contribution in [0.3, 0.4) is 0 Å². The van der Waals surface area contributed by atoms with Crippen LogP contribution in [0.15, 0.2) is 54.9 Å². The van der Waals surface area contributed by atoms with Gasteiger partial charge in [-0.05, 0) is 42.5 Å². The van der Waals surface area contributed by atoms with Gasteiger partial charge in [0.1, 0.15) is 0 Å². The van der Waals surface area contributed by atoms with Crippen molar-refractivity contribution in [2.24, 2.45) is 0 Å². The normalized spacial score (nSPS) is 10.4. The third kappa shape index (κ3) is 4.52. The van der Waals surface area contributed by atoms with Gasteiger partial charge < -0.3 is 10.1 Å². The summed E-state index contributed by atoms with van der Waals surface area (Å²) < 4.78 is 5.10. The van der Waals surface area contributed by atoms with Crippen LogP contribution in [-0.4, -0.2) is 34.2 Å². The first-order chi connectivity index (χ1) is 13.1. The monoisotopic (exact) mass is 363 g/mol. The predicted molar refractivity (Wildman–Crippen MR) is 99.5 cm³/mol. The summed E-state index contributed by atoms with van der Waals surface area (Å²) >= 11 is 0. The molecule has 7 heteroatoms. The Kier molecular flexibility index (Phi) is 5.51. The Morgan fingerprint density at radius 1 is 0.926 bits per heavy atom. The number of carbonyl (C=O) groups is 3. The number of carbonyl (C=O) groups excluding carboxylic acids is 3. The SMILES string of the molecule is CCC(=O)Nc1ccc(C(=O)COC(=O)c2ccc3nccnc3c2)cc1. The number of esters is 1. The van der Waals surface area contributed by atoms with E-state index in [0.717, 1.165) is 0 Å². The smallest absolute Gasteiger partial charge is 0.338 e. The van der Waals surface area contributed by atoms with E-state index < -0.39 is 5.97 Å². The lowest BCUT2D eigenvalue weighted by Crippen LogP contribution is -2.14. The fourth-order valence-corrected chi connectivity index (χ4v) is 2.38. The first-order valence-electron chi connectivity index (χ1n) is 8.38. The van der Waals surface area contributed by atoms with E-state index in [-0.39, 0.29) is 18.3 Å². The first kappa shape index (κ1) is 18.2. The molecule has 0 atom stereocenters. The Morgan fingerprint density at radius 3 is 2.30 bits per heavy atom. The Hall–Kier alpha value is -3.61. The van der Waals surface area contributed by atoms with Gasteiger partial charge in [-0.3, -0.25) is 19.6 Å². The molecular formula is C20H17N3O4. The molecule has 3 rings (SSSR count). The van der Waals surface area contributed by atoms with E-state index in [1.165, 1.54) is 6.20 Å². The summed E-state index contributed by atoms with van der Waals surface area (Å²) in [6.07, 6.45) is 3.47. The molecule has 0 bridgehead atoms. The number of Topliss-reactive ketones (excluding diaryl/α,β-unsaturated/α-hetero) is 1. The molecule has 1 amide bonds. The molecule has 0 aliphatic rings. The molecule has 0 radical (unpaired) electrons. The maximum absolute atomic E-state index is 12.2. The molecule has 1 aromatic heterocycles. The molecule has 1 heterocycles. The van der Waals surface area contributed by atoms with E-state index in [1.807, 2.05) is 0 Å². The quantitative estimate of drug-likeness (QED) is 0.534. The van der Waals surface area contributed by atoms with Crippen LogP contribution < -0.4 is 5.32 Å². The minimum atomic E-state index is -0.609. The number of aromatic nitrogens is 2. The lowest BCUT2D eigenvalue weighted by molar-refractivity contribution is -0.115. The molecule has 0 fully saturated rings. The van der Waals surface area contributed by atoms with Crippen molar-refractivity contribution in [2.75, 3.05) is 11.9 Å². The summed E-state index contributed by atoms with van der Waals surface area (Å²) in [5, 5.41) is 2.70. The number of amides is 1. The summed E-state index contributed by atoms with van der Waals surface area (Å²) in [5.74, 6) is -1.05. The Morgan fingerprint density at radius 2 is 1.59 bits per heavy atom. The van der Waals surface area contributed by atoms with E-state index >= 15 is 0 Å². The molecule has 7 nitrogen and oxygen atoms in total. The lowest BCUT2D eigenvalue weighted by atomic mass is 10.1. The number of nitrogens with one attached hydrogen (secondary N) is 1. The summed E-state index contributed by atoms with van der Waals surface area (Å²) in [5.41, 5.74) is 2.53. The third-order valence-corrected chi connectivity index (χ3v) is 3.85. The topological polar surface area (TPSA) is 98.2 Å². The zero-order valence-corrected chi connectivity index (χ0v) is 14.6. The van der Waals surface area contributed by atoms with Crippen molar-refractivity contribution in [3.63, 3.8) is 0 Å². The van der Waals surface area contributed by atoms with Crippen molar-refractivity contribution in [2.45, 2.75) is 13.3 Å². The second-order valence-corrected chi connectivity index (χ2v) is 5.74. The van der Waals surface area contributed by atoms with E-state index in [4.69, 9.17) is 4.74 Å². The van der Waals surface area contributed by atoms with Gasteiger partial charge in [-0.15, -0.1) is 0 Å². The van der Waals surface area contributed by atoms with Crippen LogP contribution in [0.25, 0.3) is 11.0 Å². The zero-order chi connectivity index (χ0) is 19.2. The number of benzene rings is 2. The highest BCUT2D eigenvalue weighted by Crippen LogP contribution is 2.13. The van der Waals surface area contributed by atoms with Gasteiger partial charge in [0.15, 0.2) is 12.4 Å². The summed E-state index contributed by atoms with van der Waals surface area (Å²) in [6.45, 7) is 1.38. The van der Waals surface area contributed by atoms with Gasteiger partial charge in [-0.2, -0.15) is 0 Å². The summed E-state index contributed by atoms with van der Waals surface area (Å²) in [7, 11) is 0. The fourth-order valence-electron chi connectivity index (χ4n) is 2.38. The van der Waals surface area contributed by atoms with Gasteiger partial charge in [0.05, 0.1) is 16.6 Å². The van der Waals surface area contributed by atoms with Gasteiger partial charge >= 0.3 is 5.97 Å². The molecule has 0 aliphatic carbocycles. The van der Waals surface area contributed by atoms with Crippen LogP contribution in [0.2, 0.25) is 0 Å². The van der Waals surface area contributed by atoms with Gasteiger partial charge in [0.25, 0.3) is 0 Å². The average molecular weight is 363 g/mol. The Labute approximate surface area is 155 Å². The highest BCUT2D eigenvalue weighted by molar-refractivity contribution is 6.00. The number of hydrogen-bond acceptors (Lipinski definition) is 6. The molecule has 27 heavy (non-hydrogen) atoms. The number of nitrogens with zero attached hydrogens (tertiary/aromatic N) is 2. The lowest BCUT2D eigenvalue weighted by Gasteiger charge is -2.07. The second kappa shape index (κ2) is 8.18. The van der Waals surface area contributed by atoms with Gasteiger partial charge in [-0.1, -0.05) is 6.92 Å². The number of hydrogen-bond donors (Lipinski definition) is 1. The zero-order valence-electron chi connectivity index (χ0n) is 14.6. The Balaban J connectivity index is 1.60. The molecule has 0 spiro atoms. The van der Waals surface area contributed by atoms with Crippen LogP contribution in [-0.2, 0) is 9.53 Å². The largest absolute Gasteiger partial charge is 0.454 e. The summed E-state index contributed by atoms with van der Waals surface area (Å²) in [4.78, 5) is 44.0. The minimum absolute atomic E-state index is 0.108. The van der Waals surface area contributed by atoms with Crippen molar-refractivity contribution < 1.29 is 19.1 Å². The first-order valence-corrected chi connectivity index (χ1v) is 8.38. The second-order valence-electron chi connectivity index (χ2n) is 5.74. The summed E-state index contributed by atoms with van der Waals surface area (Å²) in [6, 6.07) is 11.2. The highest BCUT2D eigenvalue weighted by atomic mass is 16.5. The molecular weight excluding hydrogens is 346 g/mol. The minimum Gasteiger partial charge on any atom is -0.454 e. The van der Waals surface area contributed by atoms with E-state index in [2.05, 4.69) is 15.3 Å². The Bertz CT molecular complexity index is 1000. The maximum atomic E-state index is 12.2. The molecule has 0 unspecified atom stereocenters. The molecule has 0 saturated carbocycles. The highest BCUT2D eigenvalue weighted by Gasteiger charge is 2.13. The molecule has 3 aromatic rings. The van der Waals surface area contributed by atoms with Crippen molar-refractivity contribution in [3.8, 4) is 0 Å². The van der Waals surface area contributed by atoms with Gasteiger partial charge in [-0.25, -0.2) is 4.79 Å². The van der Waals surface area contributed by atoms with Crippen LogP contribution >= 0.6 is 0 Å². The molecule has 136 valence electrons. The number of rotatable bonds is 6. The fraction of sp³-hybridized carbons (Fsp3) is 0.150. The van der Waals surface area contributed by atoms with Gasteiger partial charge in [0, 0.05) is 30.1 Å². The predicted octanol–water partition coefficient (Wildman–Crippen LogP) is 3.02. The van der Waals surface area contributed by atoms with Crippen molar-refractivity contribution in [1.29, 1.82) is 0 Å². The molecule has 0 aliphatic heterocycles. The van der Waals surface area contributed by atoms with E-state index in [0.29, 0.717) is 34.3 Å².